The zero-order chi connectivity index (χ0) is 10.9. The summed E-state index contributed by atoms with van der Waals surface area (Å²) in [5.74, 6) is -0.379. The van der Waals surface area contributed by atoms with Crippen LogP contribution in [0.2, 0.25) is 0 Å². The maximum absolute atomic E-state index is 10.9. The Balaban J connectivity index is 2.26. The van der Waals surface area contributed by atoms with E-state index in [1.807, 2.05) is 30.3 Å². The normalized spacial score (nSPS) is 10.2. The van der Waals surface area contributed by atoms with E-state index in [0.29, 0.717) is 6.61 Å². The number of hydrogen-bond donors (Lipinski definition) is 1. The summed E-state index contributed by atoms with van der Waals surface area (Å²) < 4.78 is 4.67. The van der Waals surface area contributed by atoms with E-state index in [-0.39, 0.29) is 12.5 Å². The van der Waals surface area contributed by atoms with Crippen LogP contribution in [-0.2, 0) is 9.53 Å². The van der Waals surface area contributed by atoms with Crippen LogP contribution in [-0.4, -0.2) is 19.1 Å². The highest BCUT2D eigenvalue weighted by Crippen LogP contribution is 2.04. The molecule has 0 saturated carbocycles. The van der Waals surface area contributed by atoms with Gasteiger partial charge >= 0.3 is 5.97 Å². The van der Waals surface area contributed by atoms with Gasteiger partial charge in [-0.15, -0.1) is 0 Å². The third-order valence-electron chi connectivity index (χ3n) is 1.53. The quantitative estimate of drug-likeness (QED) is 0.456. The minimum absolute atomic E-state index is 0.0618. The third-order valence-corrected chi connectivity index (χ3v) is 1.53. The van der Waals surface area contributed by atoms with Crippen molar-refractivity contribution in [1.29, 1.82) is 0 Å². The maximum atomic E-state index is 10.9. The van der Waals surface area contributed by atoms with Crippen LogP contribution in [0.5, 0.6) is 0 Å². The molecule has 5 heteroatoms. The monoisotopic (exact) mass is 207 g/mol. The topological polar surface area (TPSA) is 63.0 Å². The van der Waals surface area contributed by atoms with Crippen LogP contribution >= 0.6 is 0 Å². The Morgan fingerprint density at radius 1 is 1.40 bits per heavy atom. The SMILES string of the molecule is CCOC(=O)CN=NNc1ccccc1. The van der Waals surface area contributed by atoms with Crippen LogP contribution < -0.4 is 5.43 Å². The number of nitrogens with one attached hydrogen (secondary N) is 1. The van der Waals surface area contributed by atoms with Crippen molar-refractivity contribution in [3.05, 3.63) is 30.3 Å². The van der Waals surface area contributed by atoms with Gasteiger partial charge in [0.2, 0.25) is 0 Å². The van der Waals surface area contributed by atoms with Crippen LogP contribution in [0.4, 0.5) is 5.69 Å². The highest BCUT2D eigenvalue weighted by Gasteiger charge is 1.97. The number of carbonyl (C=O) groups is 1. The van der Waals surface area contributed by atoms with Crippen molar-refractivity contribution in [1.82, 2.24) is 0 Å². The Bertz CT molecular complexity index is 325. The average Bonchev–Trinajstić information content (AvgIpc) is 2.26. The van der Waals surface area contributed by atoms with Gasteiger partial charge in [-0.25, -0.2) is 4.79 Å². The van der Waals surface area contributed by atoms with Gasteiger partial charge in [0, 0.05) is 0 Å². The number of carbonyl (C=O) groups excluding carboxylic acids is 1. The Labute approximate surface area is 88.1 Å². The van der Waals surface area contributed by atoms with Gasteiger partial charge in [0.15, 0.2) is 6.54 Å². The molecule has 5 nitrogen and oxygen atoms in total. The van der Waals surface area contributed by atoms with Gasteiger partial charge in [-0.3, -0.25) is 5.43 Å². The molecule has 0 spiro atoms. The molecule has 0 heterocycles. The van der Waals surface area contributed by atoms with E-state index in [4.69, 9.17) is 0 Å². The van der Waals surface area contributed by atoms with E-state index in [2.05, 4.69) is 20.5 Å². The molecule has 0 radical (unpaired) electrons. The van der Waals surface area contributed by atoms with Crippen molar-refractivity contribution in [2.24, 2.45) is 10.3 Å². The van der Waals surface area contributed by atoms with Crippen molar-refractivity contribution in [3.63, 3.8) is 0 Å². The highest BCUT2D eigenvalue weighted by molar-refractivity contribution is 5.71. The predicted octanol–water partition coefficient (Wildman–Crippen LogP) is 2.03. The standard InChI is InChI=1S/C10H13N3O2/c1-2-15-10(14)8-11-13-12-9-6-4-3-5-7-9/h3-7H,2,8H2,1H3,(H,11,12). The lowest BCUT2D eigenvalue weighted by molar-refractivity contribution is -0.141. The van der Waals surface area contributed by atoms with Crippen LogP contribution in [0, 0.1) is 0 Å². The van der Waals surface area contributed by atoms with Gasteiger partial charge < -0.3 is 4.74 Å². The molecule has 0 unspecified atom stereocenters. The van der Waals surface area contributed by atoms with Crippen LogP contribution in [0.1, 0.15) is 6.92 Å². The molecule has 1 aromatic rings. The van der Waals surface area contributed by atoms with Crippen molar-refractivity contribution < 1.29 is 9.53 Å². The Morgan fingerprint density at radius 2 is 2.13 bits per heavy atom. The van der Waals surface area contributed by atoms with Gasteiger partial charge in [-0.1, -0.05) is 23.4 Å². The van der Waals surface area contributed by atoms with Crippen LogP contribution in [0.15, 0.2) is 40.7 Å². The summed E-state index contributed by atoms with van der Waals surface area (Å²) in [4.78, 5) is 10.9. The van der Waals surface area contributed by atoms with E-state index in [1.165, 1.54) is 0 Å². The first-order valence-corrected chi connectivity index (χ1v) is 4.66. The van der Waals surface area contributed by atoms with Crippen molar-refractivity contribution >= 4 is 11.7 Å². The minimum Gasteiger partial charge on any atom is -0.465 e. The highest BCUT2D eigenvalue weighted by atomic mass is 16.5. The molecular weight excluding hydrogens is 194 g/mol. The molecule has 0 aromatic heterocycles. The number of hydrogen-bond acceptors (Lipinski definition) is 4. The number of nitrogens with zero attached hydrogens (tertiary/aromatic N) is 2. The zero-order valence-corrected chi connectivity index (χ0v) is 8.51. The molecule has 0 aliphatic heterocycles. The fourth-order valence-electron chi connectivity index (χ4n) is 0.906. The summed E-state index contributed by atoms with van der Waals surface area (Å²) in [6, 6.07) is 9.36. The fraction of sp³-hybridized carbons (Fsp3) is 0.300. The Morgan fingerprint density at radius 3 is 2.80 bits per heavy atom. The van der Waals surface area contributed by atoms with E-state index in [0.717, 1.165) is 5.69 Å². The molecule has 0 amide bonds. The summed E-state index contributed by atoms with van der Waals surface area (Å²) in [7, 11) is 0. The molecule has 0 fully saturated rings. The zero-order valence-electron chi connectivity index (χ0n) is 8.51. The molecule has 0 aliphatic carbocycles. The number of rotatable bonds is 5. The average molecular weight is 207 g/mol. The molecular formula is C10H13N3O2. The molecule has 80 valence electrons. The Hall–Kier alpha value is -1.91. The predicted molar refractivity (Wildman–Crippen MR) is 56.4 cm³/mol. The van der Waals surface area contributed by atoms with E-state index >= 15 is 0 Å². The van der Waals surface area contributed by atoms with Crippen LogP contribution in [0.25, 0.3) is 0 Å². The summed E-state index contributed by atoms with van der Waals surface area (Å²) in [5, 5.41) is 7.26. The molecule has 0 atom stereocenters. The van der Waals surface area contributed by atoms with Gasteiger partial charge in [0.25, 0.3) is 0 Å². The number of esters is 1. The first kappa shape index (κ1) is 11.2. The first-order valence-electron chi connectivity index (χ1n) is 4.66. The number of anilines is 1. The summed E-state index contributed by atoms with van der Waals surface area (Å²) >= 11 is 0. The molecule has 1 aromatic carbocycles. The second kappa shape index (κ2) is 6.53. The summed E-state index contributed by atoms with van der Waals surface area (Å²) in [6.07, 6.45) is 0. The minimum atomic E-state index is -0.379. The maximum Gasteiger partial charge on any atom is 0.329 e. The largest absolute Gasteiger partial charge is 0.465 e. The summed E-state index contributed by atoms with van der Waals surface area (Å²) in [5.41, 5.74) is 3.52. The van der Waals surface area contributed by atoms with Gasteiger partial charge in [-0.05, 0) is 19.1 Å². The van der Waals surface area contributed by atoms with Gasteiger partial charge in [-0.2, -0.15) is 5.11 Å². The lowest BCUT2D eigenvalue weighted by Crippen LogP contribution is -2.07. The molecule has 0 aliphatic rings. The molecule has 15 heavy (non-hydrogen) atoms. The van der Waals surface area contributed by atoms with Gasteiger partial charge in [0.1, 0.15) is 0 Å². The molecule has 1 N–H and O–H groups in total. The van der Waals surface area contributed by atoms with Crippen LogP contribution in [0.3, 0.4) is 0 Å². The third kappa shape index (κ3) is 4.75. The summed E-state index contributed by atoms with van der Waals surface area (Å²) in [6.45, 7) is 2.05. The van der Waals surface area contributed by atoms with Crippen molar-refractivity contribution in [2.75, 3.05) is 18.6 Å². The van der Waals surface area contributed by atoms with Crippen molar-refractivity contribution in [3.8, 4) is 0 Å². The second-order valence-electron chi connectivity index (χ2n) is 2.68. The van der Waals surface area contributed by atoms with Crippen molar-refractivity contribution in [2.45, 2.75) is 6.92 Å². The number of para-hydroxylation sites is 1. The molecule has 1 rings (SSSR count). The first-order chi connectivity index (χ1) is 7.33. The number of ether oxygens (including phenoxy) is 1. The lowest BCUT2D eigenvalue weighted by Gasteiger charge is -1.98. The molecule has 0 bridgehead atoms. The Kier molecular flexibility index (Phi) is 4.86. The lowest BCUT2D eigenvalue weighted by atomic mass is 10.3. The van der Waals surface area contributed by atoms with E-state index in [9.17, 15) is 4.79 Å². The molecule has 0 saturated heterocycles. The van der Waals surface area contributed by atoms with E-state index < -0.39 is 0 Å². The smallest absolute Gasteiger partial charge is 0.329 e. The number of benzene rings is 1. The van der Waals surface area contributed by atoms with E-state index in [1.54, 1.807) is 6.92 Å². The fourth-order valence-corrected chi connectivity index (χ4v) is 0.906. The second-order valence-corrected chi connectivity index (χ2v) is 2.68. The van der Waals surface area contributed by atoms with Gasteiger partial charge in [0.05, 0.1) is 12.3 Å².